The van der Waals surface area contributed by atoms with E-state index in [2.05, 4.69) is 9.24 Å². The topological polar surface area (TPSA) is 95.0 Å². The van der Waals surface area contributed by atoms with E-state index in [4.69, 9.17) is 9.90 Å². The van der Waals surface area contributed by atoms with E-state index in [9.17, 15) is 39.6 Å². The Morgan fingerprint density at radius 3 is 2.04 bits per heavy atom. The molecule has 260 valence electrons. The van der Waals surface area contributed by atoms with Crippen molar-refractivity contribution in [2.24, 2.45) is 5.41 Å². The summed E-state index contributed by atoms with van der Waals surface area (Å²) in [6.07, 6.45) is -8.91. The number of likely N-dealkylation sites (N-methyl/N-ethyl adjacent to an activating group) is 1. The molecule has 47 heavy (non-hydrogen) atoms. The largest absolute Gasteiger partial charge is 0.483 e. The van der Waals surface area contributed by atoms with Crippen LogP contribution in [0, 0.1) is 5.41 Å². The highest BCUT2D eigenvalue weighted by Crippen LogP contribution is 2.58. The third-order valence-corrected chi connectivity index (χ3v) is 12.7. The minimum Gasteiger partial charge on any atom is -0.483 e. The molecule has 7 nitrogen and oxygen atoms in total. The molecule has 2 aliphatic heterocycles. The lowest BCUT2D eigenvalue weighted by Gasteiger charge is -2.48. The minimum atomic E-state index is -6.33. The Balaban J connectivity index is 0.00000160. The maximum Gasteiger partial charge on any atom is 0.435 e. The van der Waals surface area contributed by atoms with Crippen LogP contribution < -0.4 is 10.2 Å². The average Bonchev–Trinajstić information content (AvgIpc) is 3.40. The molecule has 16 heteroatoms. The van der Waals surface area contributed by atoms with E-state index in [1.165, 1.54) is 17.0 Å². The predicted octanol–water partition coefficient (Wildman–Crippen LogP) is 6.26. The van der Waals surface area contributed by atoms with Gasteiger partial charge in [0, 0.05) is 36.3 Å². The van der Waals surface area contributed by atoms with Crippen LogP contribution in [-0.4, -0.2) is 68.8 Å². The maximum atomic E-state index is 15.2. The Labute approximate surface area is 270 Å². The van der Waals surface area contributed by atoms with Crippen LogP contribution in [0.3, 0.4) is 0 Å². The molecule has 3 unspecified atom stereocenters. The molecule has 2 aromatic carbocycles. The van der Waals surface area contributed by atoms with Gasteiger partial charge >= 0.3 is 18.0 Å². The summed E-state index contributed by atoms with van der Waals surface area (Å²) in [7, 11) is -1.98. The standard InChI is InChI=1S/C30H34F7N2O3PS.CH2O2/c1-3-38-18-24-27(44(41,42)21-10-8-20(43)9-11-21,15-16-39(24)25(40)26(2)13-5-4-6-14-26)22-12-7-19(17-23(22)38)28(31,29(32,33)34)30(35,36)37;2-1-3/h7-12,17,24H,3-6,13-16,18,43H2,1-2H3;1H,(H,2,3). The normalized spacial score (nSPS) is 22.9. The Morgan fingerprint density at radius 2 is 1.53 bits per heavy atom. The van der Waals surface area contributed by atoms with E-state index < -0.39 is 49.6 Å². The van der Waals surface area contributed by atoms with Crippen molar-refractivity contribution in [3.63, 3.8) is 0 Å². The zero-order chi connectivity index (χ0) is 35.2. The molecule has 2 fully saturated rings. The quantitative estimate of drug-likeness (QED) is 0.224. The van der Waals surface area contributed by atoms with Crippen molar-refractivity contribution in [2.45, 2.75) is 86.1 Å². The number of benzene rings is 2. The second-order valence-electron chi connectivity index (χ2n) is 12.4. The summed E-state index contributed by atoms with van der Waals surface area (Å²) < 4.78 is 125. The van der Waals surface area contributed by atoms with Crippen molar-refractivity contribution in [1.82, 2.24) is 4.90 Å². The van der Waals surface area contributed by atoms with E-state index in [1.807, 2.05) is 6.92 Å². The zero-order valence-electron chi connectivity index (χ0n) is 25.7. The number of halogens is 7. The van der Waals surface area contributed by atoms with Crippen LogP contribution in [0.15, 0.2) is 47.4 Å². The third-order valence-electron chi connectivity index (χ3n) is 9.79. The van der Waals surface area contributed by atoms with Crippen LogP contribution >= 0.6 is 9.24 Å². The highest BCUT2D eigenvalue weighted by Gasteiger charge is 2.74. The van der Waals surface area contributed by atoms with E-state index in [-0.39, 0.29) is 54.6 Å². The number of carbonyl (C=O) groups excluding carboxylic acids is 1. The lowest BCUT2D eigenvalue weighted by Crippen LogP contribution is -2.60. The molecule has 2 heterocycles. The molecule has 0 radical (unpaired) electrons. The van der Waals surface area contributed by atoms with Gasteiger partial charge in [0.15, 0.2) is 9.84 Å². The van der Waals surface area contributed by atoms with Gasteiger partial charge in [-0.1, -0.05) is 50.5 Å². The molecule has 3 atom stereocenters. The Morgan fingerprint density at radius 1 is 0.979 bits per heavy atom. The van der Waals surface area contributed by atoms with Crippen LogP contribution in [0.4, 0.5) is 36.4 Å². The first-order valence-electron chi connectivity index (χ1n) is 15.0. The number of carbonyl (C=O) groups is 2. The first-order chi connectivity index (χ1) is 21.8. The Kier molecular flexibility index (Phi) is 10.1. The molecule has 5 rings (SSSR count). The number of rotatable bonds is 5. The van der Waals surface area contributed by atoms with E-state index in [0.29, 0.717) is 30.3 Å². The number of hydrogen-bond acceptors (Lipinski definition) is 5. The number of hydrogen-bond donors (Lipinski definition) is 1. The fourth-order valence-electron chi connectivity index (χ4n) is 7.33. The molecule has 1 N–H and O–H groups in total. The molecule has 1 aliphatic carbocycles. The SMILES string of the molecule is CCN1CC2N(C(=O)C3(C)CCCCC3)CCC2(S(=O)(=O)c2ccc(P)cc2)c2ccc(C(F)(C(F)(F)F)C(F)(F)F)cc21.O=CO. The lowest BCUT2D eigenvalue weighted by molar-refractivity contribution is -0.348. The number of likely N-dealkylation sites (tertiary alicyclic amines) is 1. The zero-order valence-corrected chi connectivity index (χ0v) is 27.6. The minimum absolute atomic E-state index is 0.0247. The summed E-state index contributed by atoms with van der Waals surface area (Å²) in [5, 5.41) is 7.58. The predicted molar refractivity (Wildman–Crippen MR) is 164 cm³/mol. The van der Waals surface area contributed by atoms with Gasteiger partial charge in [-0.15, -0.1) is 9.24 Å². The van der Waals surface area contributed by atoms with Crippen molar-refractivity contribution in [3.05, 3.63) is 53.6 Å². The van der Waals surface area contributed by atoms with Crippen molar-refractivity contribution in [3.8, 4) is 0 Å². The van der Waals surface area contributed by atoms with E-state index in [0.717, 1.165) is 25.3 Å². The molecular weight excluding hydrogens is 676 g/mol. The van der Waals surface area contributed by atoms with E-state index >= 15 is 4.39 Å². The van der Waals surface area contributed by atoms with Crippen molar-refractivity contribution in [2.75, 3.05) is 24.5 Å². The third kappa shape index (κ3) is 5.89. The highest BCUT2D eigenvalue weighted by molar-refractivity contribution is 7.92. The summed E-state index contributed by atoms with van der Waals surface area (Å²) in [5.41, 5.74) is -8.38. The van der Waals surface area contributed by atoms with Crippen molar-refractivity contribution in [1.29, 1.82) is 0 Å². The molecular formula is C31H36F7N2O5PS. The summed E-state index contributed by atoms with van der Waals surface area (Å²) in [6, 6.07) is 6.63. The van der Waals surface area contributed by atoms with Gasteiger partial charge in [0.1, 0.15) is 4.75 Å². The van der Waals surface area contributed by atoms with Crippen LogP contribution in [0.2, 0.25) is 0 Å². The molecule has 2 aromatic rings. The first kappa shape index (κ1) is 36.9. The van der Waals surface area contributed by atoms with Crippen molar-refractivity contribution < 1.29 is 53.8 Å². The summed E-state index contributed by atoms with van der Waals surface area (Å²) >= 11 is 0. The van der Waals surface area contributed by atoms with Gasteiger partial charge in [-0.25, -0.2) is 12.8 Å². The summed E-state index contributed by atoms with van der Waals surface area (Å²) in [4.78, 5) is 25.4. The molecule has 0 aromatic heterocycles. The molecule has 1 amide bonds. The molecule has 0 bridgehead atoms. The van der Waals surface area contributed by atoms with Gasteiger partial charge in [0.25, 0.3) is 6.47 Å². The first-order valence-corrected chi connectivity index (χ1v) is 17.0. The van der Waals surface area contributed by atoms with Crippen LogP contribution in [-0.2, 0) is 29.8 Å². The van der Waals surface area contributed by atoms with Crippen LogP contribution in [0.1, 0.15) is 63.5 Å². The fourth-order valence-corrected chi connectivity index (χ4v) is 9.82. The smallest absolute Gasteiger partial charge is 0.435 e. The van der Waals surface area contributed by atoms with Gasteiger partial charge in [0.2, 0.25) is 5.91 Å². The number of anilines is 1. The van der Waals surface area contributed by atoms with Gasteiger partial charge in [-0.2, -0.15) is 26.3 Å². The van der Waals surface area contributed by atoms with Crippen LogP contribution in [0.25, 0.3) is 0 Å². The van der Waals surface area contributed by atoms with Crippen molar-refractivity contribution >= 4 is 42.4 Å². The van der Waals surface area contributed by atoms with Crippen LogP contribution in [0.5, 0.6) is 0 Å². The number of nitrogens with zero attached hydrogens (tertiary/aromatic N) is 2. The van der Waals surface area contributed by atoms with Gasteiger partial charge in [-0.3, -0.25) is 9.59 Å². The average molecular weight is 713 g/mol. The maximum absolute atomic E-state index is 15.2. The second kappa shape index (κ2) is 12.8. The lowest BCUT2D eigenvalue weighted by atomic mass is 9.74. The number of carboxylic acid groups (broad SMARTS) is 1. The molecule has 1 saturated carbocycles. The second-order valence-corrected chi connectivity index (χ2v) is 15.3. The number of sulfone groups is 1. The Hall–Kier alpha value is -2.93. The summed E-state index contributed by atoms with van der Waals surface area (Å²) in [6.45, 7) is 3.12. The molecule has 1 saturated heterocycles. The number of amides is 1. The number of alkyl halides is 7. The van der Waals surface area contributed by atoms with Gasteiger partial charge in [0.05, 0.1) is 10.9 Å². The highest BCUT2D eigenvalue weighted by atomic mass is 32.2. The fraction of sp³-hybridized carbons (Fsp3) is 0.548. The van der Waals surface area contributed by atoms with Gasteiger partial charge < -0.3 is 14.9 Å². The molecule has 3 aliphatic rings. The number of fused-ring (bicyclic) bond motifs is 3. The van der Waals surface area contributed by atoms with Gasteiger partial charge in [-0.05, 0) is 55.3 Å². The molecule has 0 spiro atoms. The van der Waals surface area contributed by atoms with E-state index in [1.54, 1.807) is 24.0 Å². The monoisotopic (exact) mass is 712 g/mol. The Bertz CT molecular complexity index is 1580. The summed E-state index contributed by atoms with van der Waals surface area (Å²) in [5.74, 6) is -0.215.